The lowest BCUT2D eigenvalue weighted by Gasteiger charge is -2.06. The first-order valence-electron chi connectivity index (χ1n) is 8.49. The van der Waals surface area contributed by atoms with E-state index in [1.165, 1.54) is 0 Å². The van der Waals surface area contributed by atoms with Crippen molar-refractivity contribution in [3.8, 4) is 5.75 Å². The quantitative estimate of drug-likeness (QED) is 0.550. The Hall–Kier alpha value is -3.67. The van der Waals surface area contributed by atoms with Crippen LogP contribution in [-0.2, 0) is 9.53 Å². The van der Waals surface area contributed by atoms with Crippen molar-refractivity contribution in [1.82, 2.24) is 4.98 Å². The molecule has 0 atom stereocenters. The van der Waals surface area contributed by atoms with Crippen LogP contribution in [0.4, 0.5) is 5.69 Å². The smallest absolute Gasteiger partial charge is 0.338 e. The van der Waals surface area contributed by atoms with E-state index < -0.39 is 5.97 Å². The number of nitrogens with one attached hydrogen (secondary N) is 1. The van der Waals surface area contributed by atoms with E-state index in [0.29, 0.717) is 27.9 Å². The molecule has 4 rings (SSSR count). The molecule has 0 bridgehead atoms. The lowest BCUT2D eigenvalue weighted by atomic mass is 9.99. The Labute approximate surface area is 155 Å². The van der Waals surface area contributed by atoms with Gasteiger partial charge in [0.15, 0.2) is 0 Å². The number of phenolic OH excluding ortho intramolecular Hbond substituents is 1. The van der Waals surface area contributed by atoms with Gasteiger partial charge in [-0.3, -0.25) is 9.78 Å². The summed E-state index contributed by atoms with van der Waals surface area (Å²) in [6.07, 6.45) is 3.34. The molecule has 0 aliphatic carbocycles. The summed E-state index contributed by atoms with van der Waals surface area (Å²) in [5.74, 6) is -0.608. The van der Waals surface area contributed by atoms with Gasteiger partial charge < -0.3 is 15.2 Å². The van der Waals surface area contributed by atoms with Crippen LogP contribution in [0.1, 0.15) is 28.4 Å². The Morgan fingerprint density at radius 1 is 1.26 bits per heavy atom. The fraction of sp³-hybridized carbons (Fsp3) is 0.0952. The number of benzene rings is 2. The Morgan fingerprint density at radius 2 is 2.11 bits per heavy atom. The molecule has 3 aromatic rings. The molecule has 1 aliphatic rings. The third kappa shape index (κ3) is 2.91. The number of carbonyl (C=O) groups excluding carboxylic acids is 2. The van der Waals surface area contributed by atoms with Crippen LogP contribution >= 0.6 is 0 Å². The van der Waals surface area contributed by atoms with Crippen molar-refractivity contribution >= 4 is 40.1 Å². The molecule has 6 nitrogen and oxygen atoms in total. The molecule has 0 spiro atoms. The molecular formula is C21H16N2O4. The zero-order chi connectivity index (χ0) is 19.0. The number of amides is 1. The zero-order valence-electron chi connectivity index (χ0n) is 14.5. The molecule has 134 valence electrons. The average Bonchev–Trinajstić information content (AvgIpc) is 2.99. The van der Waals surface area contributed by atoms with Crippen molar-refractivity contribution in [2.75, 3.05) is 11.9 Å². The van der Waals surface area contributed by atoms with Gasteiger partial charge in [0.1, 0.15) is 11.3 Å². The maximum absolute atomic E-state index is 12.5. The number of esters is 1. The predicted molar refractivity (Wildman–Crippen MR) is 102 cm³/mol. The summed E-state index contributed by atoms with van der Waals surface area (Å²) < 4.78 is 5.04. The van der Waals surface area contributed by atoms with Crippen LogP contribution in [-0.4, -0.2) is 28.6 Å². The Balaban J connectivity index is 1.85. The third-order valence-electron chi connectivity index (χ3n) is 4.40. The van der Waals surface area contributed by atoms with Gasteiger partial charge in [0.05, 0.1) is 12.2 Å². The van der Waals surface area contributed by atoms with Crippen molar-refractivity contribution in [2.45, 2.75) is 6.92 Å². The lowest BCUT2D eigenvalue weighted by molar-refractivity contribution is -0.110. The Morgan fingerprint density at radius 3 is 2.93 bits per heavy atom. The number of aromatic hydroxyl groups is 1. The molecule has 0 saturated heterocycles. The zero-order valence-corrected chi connectivity index (χ0v) is 14.5. The number of nitrogens with zero attached hydrogens (tertiary/aromatic N) is 1. The fourth-order valence-corrected chi connectivity index (χ4v) is 3.13. The average molecular weight is 360 g/mol. The standard InChI is InChI=1S/C21H16N2O4/c1-2-27-21(26)13-5-7-17-15(11-13)16(20(25)23-17)10-12-6-8-18(24)19-14(12)4-3-9-22-19/h3-11,24H,2H2,1H3,(H,23,25). The number of carbonyl (C=O) groups is 2. The van der Waals surface area contributed by atoms with Gasteiger partial charge in [-0.05, 0) is 48.9 Å². The van der Waals surface area contributed by atoms with Crippen LogP contribution in [0.15, 0.2) is 48.7 Å². The number of aromatic nitrogens is 1. The topological polar surface area (TPSA) is 88.5 Å². The first-order valence-corrected chi connectivity index (χ1v) is 8.49. The molecule has 0 fully saturated rings. The highest BCUT2D eigenvalue weighted by molar-refractivity contribution is 6.35. The number of hydrogen-bond acceptors (Lipinski definition) is 5. The first kappa shape index (κ1) is 16.8. The molecule has 2 heterocycles. The van der Waals surface area contributed by atoms with Gasteiger partial charge in [0.25, 0.3) is 5.91 Å². The van der Waals surface area contributed by atoms with Crippen LogP contribution in [0, 0.1) is 0 Å². The van der Waals surface area contributed by atoms with E-state index in [1.54, 1.807) is 55.6 Å². The number of rotatable bonds is 3. The molecule has 1 amide bonds. The van der Waals surface area contributed by atoms with E-state index in [9.17, 15) is 14.7 Å². The minimum Gasteiger partial charge on any atom is -0.506 e. The van der Waals surface area contributed by atoms with Crippen molar-refractivity contribution in [3.05, 3.63) is 65.4 Å². The van der Waals surface area contributed by atoms with Crippen molar-refractivity contribution in [1.29, 1.82) is 0 Å². The molecule has 0 radical (unpaired) electrons. The SMILES string of the molecule is CCOC(=O)c1ccc2c(c1)C(=Cc1ccc(O)c3ncccc13)C(=O)N2. The van der Waals surface area contributed by atoms with E-state index >= 15 is 0 Å². The number of fused-ring (bicyclic) bond motifs is 2. The first-order chi connectivity index (χ1) is 13.1. The number of ether oxygens (including phenoxy) is 1. The fourth-order valence-electron chi connectivity index (χ4n) is 3.13. The van der Waals surface area contributed by atoms with Gasteiger partial charge in [-0.25, -0.2) is 4.79 Å². The predicted octanol–water partition coefficient (Wildman–Crippen LogP) is 3.61. The van der Waals surface area contributed by atoms with E-state index in [2.05, 4.69) is 10.3 Å². The van der Waals surface area contributed by atoms with Crippen LogP contribution in [0.3, 0.4) is 0 Å². The summed E-state index contributed by atoms with van der Waals surface area (Å²) in [5, 5.41) is 13.5. The number of anilines is 1. The molecule has 1 aromatic heterocycles. The van der Waals surface area contributed by atoms with Crippen LogP contribution < -0.4 is 5.32 Å². The van der Waals surface area contributed by atoms with Crippen LogP contribution in [0.2, 0.25) is 0 Å². The van der Waals surface area contributed by atoms with Gasteiger partial charge in [-0.15, -0.1) is 0 Å². The molecule has 27 heavy (non-hydrogen) atoms. The highest BCUT2D eigenvalue weighted by atomic mass is 16.5. The normalized spacial score (nSPS) is 14.3. The molecule has 0 unspecified atom stereocenters. The van der Waals surface area contributed by atoms with E-state index in [1.807, 2.05) is 6.07 Å². The highest BCUT2D eigenvalue weighted by Gasteiger charge is 2.25. The van der Waals surface area contributed by atoms with Gasteiger partial charge in [-0.2, -0.15) is 0 Å². The minimum atomic E-state index is -0.432. The van der Waals surface area contributed by atoms with E-state index in [4.69, 9.17) is 4.74 Å². The van der Waals surface area contributed by atoms with E-state index in [-0.39, 0.29) is 18.3 Å². The summed E-state index contributed by atoms with van der Waals surface area (Å²) in [6, 6.07) is 11.8. The monoisotopic (exact) mass is 360 g/mol. The molecular weight excluding hydrogens is 344 g/mol. The molecule has 1 aliphatic heterocycles. The summed E-state index contributed by atoms with van der Waals surface area (Å²) in [6.45, 7) is 2.02. The summed E-state index contributed by atoms with van der Waals surface area (Å²) in [4.78, 5) is 28.7. The summed E-state index contributed by atoms with van der Waals surface area (Å²) in [5.41, 5.74) is 3.31. The lowest BCUT2D eigenvalue weighted by Crippen LogP contribution is -2.04. The van der Waals surface area contributed by atoms with Gasteiger partial charge in [0.2, 0.25) is 0 Å². The van der Waals surface area contributed by atoms with Crippen molar-refractivity contribution in [3.63, 3.8) is 0 Å². The summed E-state index contributed by atoms with van der Waals surface area (Å²) in [7, 11) is 0. The minimum absolute atomic E-state index is 0.0774. The maximum Gasteiger partial charge on any atom is 0.338 e. The van der Waals surface area contributed by atoms with Crippen molar-refractivity contribution < 1.29 is 19.4 Å². The Kier molecular flexibility index (Phi) is 4.08. The largest absolute Gasteiger partial charge is 0.506 e. The second-order valence-corrected chi connectivity index (χ2v) is 6.07. The van der Waals surface area contributed by atoms with Gasteiger partial charge in [-0.1, -0.05) is 12.1 Å². The van der Waals surface area contributed by atoms with Gasteiger partial charge >= 0.3 is 5.97 Å². The maximum atomic E-state index is 12.5. The third-order valence-corrected chi connectivity index (χ3v) is 4.40. The second kappa shape index (κ2) is 6.57. The van der Waals surface area contributed by atoms with Crippen LogP contribution in [0.5, 0.6) is 5.75 Å². The van der Waals surface area contributed by atoms with Crippen LogP contribution in [0.25, 0.3) is 22.6 Å². The molecule has 2 N–H and O–H groups in total. The molecule has 0 saturated carbocycles. The molecule has 2 aromatic carbocycles. The van der Waals surface area contributed by atoms with Crippen molar-refractivity contribution in [2.24, 2.45) is 0 Å². The highest BCUT2D eigenvalue weighted by Crippen LogP contribution is 2.35. The number of phenols is 1. The Bertz CT molecular complexity index is 1120. The second-order valence-electron chi connectivity index (χ2n) is 6.07. The summed E-state index contributed by atoms with van der Waals surface area (Å²) >= 11 is 0. The number of hydrogen-bond donors (Lipinski definition) is 2. The molecule has 6 heteroatoms. The van der Waals surface area contributed by atoms with Gasteiger partial charge in [0, 0.05) is 28.4 Å². The van der Waals surface area contributed by atoms with E-state index in [0.717, 1.165) is 10.9 Å². The number of pyridine rings is 1.